The van der Waals surface area contributed by atoms with Crippen LogP contribution in [0.5, 0.6) is 5.75 Å². The van der Waals surface area contributed by atoms with E-state index >= 15 is 0 Å². The first-order chi connectivity index (χ1) is 11.2. The minimum absolute atomic E-state index is 0.128. The number of aromatic nitrogens is 1. The van der Waals surface area contributed by atoms with Crippen LogP contribution < -0.4 is 15.0 Å². The minimum Gasteiger partial charge on any atom is -0.490 e. The Kier molecular flexibility index (Phi) is 6.44. The largest absolute Gasteiger partial charge is 0.490 e. The van der Waals surface area contributed by atoms with Gasteiger partial charge in [-0.3, -0.25) is 0 Å². The van der Waals surface area contributed by atoms with Gasteiger partial charge < -0.3 is 20.1 Å². The summed E-state index contributed by atoms with van der Waals surface area (Å²) < 4.78 is 5.46. The lowest BCUT2D eigenvalue weighted by atomic mass is 10.2. The lowest BCUT2D eigenvalue weighted by Gasteiger charge is -2.17. The third-order valence-corrected chi connectivity index (χ3v) is 3.39. The fourth-order valence-corrected chi connectivity index (χ4v) is 2.05. The number of nitrogens with zero attached hydrogens (tertiary/aromatic N) is 2. The summed E-state index contributed by atoms with van der Waals surface area (Å²) in [6.45, 7) is 5.55. The minimum atomic E-state index is 0.128. The summed E-state index contributed by atoms with van der Waals surface area (Å²) in [6, 6.07) is 11.9. The van der Waals surface area contributed by atoms with E-state index in [1.807, 2.05) is 48.3 Å². The topological polar surface area (TPSA) is 57.6 Å². The number of likely N-dealkylation sites (N-methyl/N-ethyl adjacent to an activating group) is 1. The molecule has 0 radical (unpaired) electrons. The number of ether oxygens (including phenoxy) is 1. The van der Waals surface area contributed by atoms with Crippen LogP contribution in [0.4, 0.5) is 11.5 Å². The first kappa shape index (κ1) is 16.8. The van der Waals surface area contributed by atoms with Crippen LogP contribution in [0.15, 0.2) is 55.3 Å². The molecule has 1 aromatic heterocycles. The van der Waals surface area contributed by atoms with E-state index in [1.54, 1.807) is 12.3 Å². The third-order valence-electron chi connectivity index (χ3n) is 3.39. The number of hydrogen-bond donors (Lipinski definition) is 2. The zero-order valence-corrected chi connectivity index (χ0v) is 13.4. The smallest absolute Gasteiger partial charge is 0.126 e. The molecule has 0 aliphatic rings. The van der Waals surface area contributed by atoms with Gasteiger partial charge in [-0.15, -0.1) is 0 Å². The molecule has 0 bridgehead atoms. The Bertz CT molecular complexity index is 597. The van der Waals surface area contributed by atoms with Gasteiger partial charge >= 0.3 is 0 Å². The maximum absolute atomic E-state index is 8.94. The summed E-state index contributed by atoms with van der Waals surface area (Å²) in [5, 5.41) is 12.2. The molecule has 2 rings (SSSR count). The molecule has 0 atom stereocenters. The average Bonchev–Trinajstić information content (AvgIpc) is 2.59. The van der Waals surface area contributed by atoms with E-state index in [0.717, 1.165) is 22.8 Å². The molecule has 23 heavy (non-hydrogen) atoms. The van der Waals surface area contributed by atoms with E-state index in [1.165, 1.54) is 0 Å². The number of pyridine rings is 1. The van der Waals surface area contributed by atoms with Crippen LogP contribution in [-0.4, -0.2) is 36.9 Å². The van der Waals surface area contributed by atoms with E-state index in [2.05, 4.69) is 16.9 Å². The number of aliphatic hydroxyl groups excluding tert-OH is 1. The number of hydrogen-bond acceptors (Lipinski definition) is 5. The quantitative estimate of drug-likeness (QED) is 0.697. The number of nitrogens with one attached hydrogen (secondary N) is 1. The standard InChI is InChI=1S/C18H23N3O2/c1-3-12-23-17-7-4-15(5-8-17)13-19-18-9-6-16(14-20-18)21(2)10-11-22/h3-9,14,22H,1,10-13H2,2H3,(H,19,20). The number of aliphatic hydroxyl groups is 1. The SMILES string of the molecule is C=CCOc1ccc(CNc2ccc(N(C)CCO)cn2)cc1. The molecule has 0 saturated heterocycles. The van der Waals surface area contributed by atoms with Gasteiger partial charge in [0.15, 0.2) is 0 Å². The van der Waals surface area contributed by atoms with Crippen LogP contribution in [0.3, 0.4) is 0 Å². The molecule has 1 heterocycles. The number of anilines is 2. The van der Waals surface area contributed by atoms with Gasteiger partial charge in [-0.1, -0.05) is 24.8 Å². The summed E-state index contributed by atoms with van der Waals surface area (Å²) in [4.78, 5) is 6.34. The van der Waals surface area contributed by atoms with E-state index < -0.39 is 0 Å². The van der Waals surface area contributed by atoms with E-state index in [0.29, 0.717) is 19.7 Å². The predicted molar refractivity (Wildman–Crippen MR) is 94.1 cm³/mol. The van der Waals surface area contributed by atoms with Crippen LogP contribution in [0.1, 0.15) is 5.56 Å². The van der Waals surface area contributed by atoms with Crippen molar-refractivity contribution in [3.63, 3.8) is 0 Å². The summed E-state index contributed by atoms with van der Waals surface area (Å²) in [5.74, 6) is 1.65. The highest BCUT2D eigenvalue weighted by atomic mass is 16.5. The molecule has 0 spiro atoms. The van der Waals surface area contributed by atoms with Crippen molar-refractivity contribution in [1.82, 2.24) is 4.98 Å². The summed E-state index contributed by atoms with van der Waals surface area (Å²) in [7, 11) is 1.93. The van der Waals surface area contributed by atoms with Crippen LogP contribution in [0.25, 0.3) is 0 Å². The first-order valence-electron chi connectivity index (χ1n) is 7.57. The van der Waals surface area contributed by atoms with E-state index in [4.69, 9.17) is 9.84 Å². The second-order valence-electron chi connectivity index (χ2n) is 5.14. The van der Waals surface area contributed by atoms with Gasteiger partial charge in [-0.25, -0.2) is 4.98 Å². The Balaban J connectivity index is 1.86. The summed E-state index contributed by atoms with van der Waals surface area (Å²) >= 11 is 0. The van der Waals surface area contributed by atoms with Crippen molar-refractivity contribution in [3.05, 3.63) is 60.8 Å². The molecule has 5 nitrogen and oxygen atoms in total. The summed E-state index contributed by atoms with van der Waals surface area (Å²) in [5.41, 5.74) is 2.13. The molecule has 5 heteroatoms. The van der Waals surface area contributed by atoms with Gasteiger partial charge in [0.1, 0.15) is 18.2 Å². The average molecular weight is 313 g/mol. The predicted octanol–water partition coefficient (Wildman–Crippen LogP) is 2.69. The van der Waals surface area contributed by atoms with E-state index in [9.17, 15) is 0 Å². The zero-order chi connectivity index (χ0) is 16.5. The molecule has 0 aliphatic heterocycles. The molecular formula is C18H23N3O2. The summed E-state index contributed by atoms with van der Waals surface area (Å²) in [6.07, 6.45) is 3.52. The normalized spacial score (nSPS) is 10.2. The maximum atomic E-state index is 8.94. The maximum Gasteiger partial charge on any atom is 0.126 e. The van der Waals surface area contributed by atoms with E-state index in [-0.39, 0.29) is 6.61 Å². The Morgan fingerprint density at radius 2 is 2.04 bits per heavy atom. The molecule has 122 valence electrons. The monoisotopic (exact) mass is 313 g/mol. The van der Waals surface area contributed by atoms with Crippen molar-refractivity contribution in [2.45, 2.75) is 6.54 Å². The zero-order valence-electron chi connectivity index (χ0n) is 13.4. The fourth-order valence-electron chi connectivity index (χ4n) is 2.05. The molecule has 0 saturated carbocycles. The highest BCUT2D eigenvalue weighted by Crippen LogP contribution is 2.16. The van der Waals surface area contributed by atoms with Crippen molar-refractivity contribution >= 4 is 11.5 Å². The Hall–Kier alpha value is -2.53. The molecule has 0 unspecified atom stereocenters. The highest BCUT2D eigenvalue weighted by molar-refractivity contribution is 5.49. The second-order valence-corrected chi connectivity index (χ2v) is 5.14. The van der Waals surface area contributed by atoms with Crippen LogP contribution in [0, 0.1) is 0 Å². The molecule has 2 aromatic rings. The third kappa shape index (κ3) is 5.30. The fraction of sp³-hybridized carbons (Fsp3) is 0.278. The van der Waals surface area contributed by atoms with Gasteiger partial charge in [0.25, 0.3) is 0 Å². The molecule has 0 aliphatic carbocycles. The second kappa shape index (κ2) is 8.80. The number of rotatable bonds is 9. The molecule has 0 fully saturated rings. The van der Waals surface area contributed by atoms with Crippen LogP contribution in [-0.2, 0) is 6.54 Å². The van der Waals surface area contributed by atoms with Gasteiger partial charge in [-0.05, 0) is 29.8 Å². The van der Waals surface area contributed by atoms with Crippen molar-refractivity contribution < 1.29 is 9.84 Å². The number of benzene rings is 1. The van der Waals surface area contributed by atoms with Crippen molar-refractivity contribution in [1.29, 1.82) is 0 Å². The van der Waals surface area contributed by atoms with Gasteiger partial charge in [0, 0.05) is 20.1 Å². The van der Waals surface area contributed by atoms with Gasteiger partial charge in [0.2, 0.25) is 0 Å². The van der Waals surface area contributed by atoms with Crippen LogP contribution in [0.2, 0.25) is 0 Å². The van der Waals surface area contributed by atoms with Gasteiger partial charge in [0.05, 0.1) is 18.5 Å². The Labute approximate surface area is 137 Å². The van der Waals surface area contributed by atoms with Crippen LogP contribution >= 0.6 is 0 Å². The first-order valence-corrected chi connectivity index (χ1v) is 7.57. The Morgan fingerprint density at radius 3 is 2.65 bits per heavy atom. The Morgan fingerprint density at radius 1 is 1.26 bits per heavy atom. The highest BCUT2D eigenvalue weighted by Gasteiger charge is 2.01. The lowest BCUT2D eigenvalue weighted by Crippen LogP contribution is -2.21. The molecule has 0 amide bonds. The lowest BCUT2D eigenvalue weighted by molar-refractivity contribution is 0.304. The van der Waals surface area contributed by atoms with Crippen molar-refractivity contribution in [2.24, 2.45) is 0 Å². The molecule has 1 aromatic carbocycles. The van der Waals surface area contributed by atoms with Gasteiger partial charge in [-0.2, -0.15) is 0 Å². The molecular weight excluding hydrogens is 290 g/mol. The van der Waals surface area contributed by atoms with Crippen molar-refractivity contribution in [2.75, 3.05) is 37.0 Å². The molecule has 2 N–H and O–H groups in total. The van der Waals surface area contributed by atoms with Crippen molar-refractivity contribution in [3.8, 4) is 5.75 Å².